The lowest BCUT2D eigenvalue weighted by Crippen LogP contribution is -2.12. The monoisotopic (exact) mass is 370 g/mol. The Labute approximate surface area is 163 Å². The maximum atomic E-state index is 4.38. The third-order valence-corrected chi connectivity index (χ3v) is 7.05. The topological polar surface area (TPSA) is 25.8 Å². The van der Waals surface area contributed by atoms with Crippen molar-refractivity contribution >= 4 is 11.3 Å². The summed E-state index contributed by atoms with van der Waals surface area (Å²) < 4.78 is 0. The summed E-state index contributed by atoms with van der Waals surface area (Å²) in [6, 6.07) is 9.43. The van der Waals surface area contributed by atoms with E-state index in [-0.39, 0.29) is 0 Å². The van der Waals surface area contributed by atoms with Crippen LogP contribution < -0.4 is 0 Å². The van der Waals surface area contributed by atoms with E-state index >= 15 is 0 Å². The molecule has 1 fully saturated rings. The number of aryl methyl sites for hydroxylation is 3. The van der Waals surface area contributed by atoms with Crippen molar-refractivity contribution in [3.63, 3.8) is 0 Å². The fourth-order valence-electron chi connectivity index (χ4n) is 4.13. The highest BCUT2D eigenvalue weighted by Gasteiger charge is 2.21. The van der Waals surface area contributed by atoms with Gasteiger partial charge in [-0.1, -0.05) is 57.4 Å². The number of hydrogen-bond acceptors (Lipinski definition) is 3. The van der Waals surface area contributed by atoms with Gasteiger partial charge in [-0.25, -0.2) is 0 Å². The van der Waals surface area contributed by atoms with Gasteiger partial charge in [0.2, 0.25) is 0 Å². The highest BCUT2D eigenvalue weighted by molar-refractivity contribution is 7.11. The van der Waals surface area contributed by atoms with Crippen LogP contribution in [0, 0.1) is 5.92 Å². The number of unbranched alkanes of at least 4 members (excludes halogenated alkanes) is 2. The van der Waals surface area contributed by atoms with E-state index in [4.69, 9.17) is 0 Å². The Hall–Kier alpha value is -1.22. The van der Waals surface area contributed by atoms with E-state index in [9.17, 15) is 0 Å². The lowest BCUT2D eigenvalue weighted by molar-refractivity contribution is 0.319. The zero-order valence-corrected chi connectivity index (χ0v) is 17.4. The molecule has 26 heavy (non-hydrogen) atoms. The lowest BCUT2D eigenvalue weighted by atomic mass is 9.78. The molecule has 0 spiro atoms. The van der Waals surface area contributed by atoms with Crippen LogP contribution in [0.15, 0.2) is 24.3 Å². The summed E-state index contributed by atoms with van der Waals surface area (Å²) in [6.45, 7) is 4.58. The van der Waals surface area contributed by atoms with E-state index < -0.39 is 0 Å². The number of benzene rings is 1. The van der Waals surface area contributed by atoms with E-state index in [2.05, 4.69) is 48.3 Å². The first-order valence-electron chi connectivity index (χ1n) is 10.7. The van der Waals surface area contributed by atoms with Crippen LogP contribution in [0.5, 0.6) is 0 Å². The summed E-state index contributed by atoms with van der Waals surface area (Å²) in [4.78, 5) is 0. The second kappa shape index (κ2) is 10.2. The molecule has 3 heteroatoms. The van der Waals surface area contributed by atoms with Crippen LogP contribution in [-0.2, 0) is 19.3 Å². The molecule has 0 atom stereocenters. The molecule has 0 saturated heterocycles. The molecule has 142 valence electrons. The molecule has 0 aliphatic heterocycles. The van der Waals surface area contributed by atoms with Crippen LogP contribution in [0.25, 0.3) is 0 Å². The van der Waals surface area contributed by atoms with Gasteiger partial charge in [-0.2, -0.15) is 0 Å². The molecule has 2 aromatic rings. The minimum absolute atomic E-state index is 0.792. The van der Waals surface area contributed by atoms with Gasteiger partial charge < -0.3 is 0 Å². The average Bonchev–Trinajstić information content (AvgIpc) is 3.15. The normalized spacial score (nSPS) is 20.4. The van der Waals surface area contributed by atoms with Crippen molar-refractivity contribution in [2.24, 2.45) is 5.92 Å². The lowest BCUT2D eigenvalue weighted by Gasteiger charge is -2.28. The molecule has 1 aliphatic carbocycles. The molecule has 0 bridgehead atoms. The predicted octanol–water partition coefficient (Wildman–Crippen LogP) is 6.74. The number of hydrogen-bond donors (Lipinski definition) is 0. The second-order valence-corrected chi connectivity index (χ2v) is 9.06. The van der Waals surface area contributed by atoms with Crippen molar-refractivity contribution < 1.29 is 0 Å². The minimum atomic E-state index is 0.792. The summed E-state index contributed by atoms with van der Waals surface area (Å²) in [5.74, 6) is 1.77. The Morgan fingerprint density at radius 2 is 1.54 bits per heavy atom. The maximum Gasteiger partial charge on any atom is 0.117 e. The maximum absolute atomic E-state index is 4.38. The second-order valence-electron chi connectivity index (χ2n) is 7.91. The third-order valence-electron chi connectivity index (χ3n) is 6.01. The van der Waals surface area contributed by atoms with Gasteiger partial charge in [-0.05, 0) is 61.5 Å². The largest absolute Gasteiger partial charge is 0.144 e. The third kappa shape index (κ3) is 5.64. The molecule has 1 saturated carbocycles. The van der Waals surface area contributed by atoms with Gasteiger partial charge in [0, 0.05) is 12.8 Å². The van der Waals surface area contributed by atoms with Gasteiger partial charge in [0.1, 0.15) is 10.0 Å². The molecule has 1 heterocycles. The molecular formula is C23H34N2S. The van der Waals surface area contributed by atoms with Gasteiger partial charge in [0.15, 0.2) is 0 Å². The van der Waals surface area contributed by atoms with Crippen LogP contribution >= 0.6 is 11.3 Å². The van der Waals surface area contributed by atoms with Crippen molar-refractivity contribution in [2.75, 3.05) is 0 Å². The van der Waals surface area contributed by atoms with E-state index in [1.165, 1.54) is 66.9 Å². The zero-order valence-electron chi connectivity index (χ0n) is 16.5. The summed E-state index contributed by atoms with van der Waals surface area (Å²) >= 11 is 1.81. The quantitative estimate of drug-likeness (QED) is 0.457. The minimum Gasteiger partial charge on any atom is -0.144 e. The molecular weight excluding hydrogens is 336 g/mol. The number of rotatable bonds is 9. The van der Waals surface area contributed by atoms with Gasteiger partial charge in [0.05, 0.1) is 0 Å². The van der Waals surface area contributed by atoms with Crippen LogP contribution in [0.2, 0.25) is 0 Å². The first kappa shape index (κ1) is 19.5. The molecule has 1 aromatic heterocycles. The number of aromatic nitrogens is 2. The van der Waals surface area contributed by atoms with Crippen molar-refractivity contribution in [1.82, 2.24) is 10.2 Å². The van der Waals surface area contributed by atoms with Gasteiger partial charge in [0.25, 0.3) is 0 Å². The van der Waals surface area contributed by atoms with Crippen LogP contribution in [0.3, 0.4) is 0 Å². The van der Waals surface area contributed by atoms with Gasteiger partial charge >= 0.3 is 0 Å². The Bertz CT molecular complexity index is 638. The highest BCUT2D eigenvalue weighted by Crippen LogP contribution is 2.36. The van der Waals surface area contributed by atoms with Crippen molar-refractivity contribution in [1.29, 1.82) is 0 Å². The standard InChI is InChI=1S/C23H34N2S/c1-3-5-6-7-22-24-25-23(26-22)17-12-19-10-15-21(16-11-19)20-13-8-18(4-2)9-14-20/h10-11,15-16,18,20H,3-9,12-14,17H2,1-2H3. The smallest absolute Gasteiger partial charge is 0.117 e. The van der Waals surface area contributed by atoms with E-state index in [1.54, 1.807) is 5.56 Å². The first-order chi connectivity index (χ1) is 12.8. The van der Waals surface area contributed by atoms with E-state index in [1.807, 2.05) is 11.3 Å². The molecule has 2 nitrogen and oxygen atoms in total. The van der Waals surface area contributed by atoms with E-state index in [0.717, 1.165) is 31.1 Å². The van der Waals surface area contributed by atoms with Crippen LogP contribution in [-0.4, -0.2) is 10.2 Å². The average molecular weight is 371 g/mol. The Kier molecular flexibility index (Phi) is 7.67. The number of nitrogens with zero attached hydrogens (tertiary/aromatic N) is 2. The molecule has 0 unspecified atom stereocenters. The van der Waals surface area contributed by atoms with Gasteiger partial charge in [-0.3, -0.25) is 0 Å². The zero-order chi connectivity index (χ0) is 18.2. The fourth-order valence-corrected chi connectivity index (χ4v) is 5.01. The summed E-state index contributed by atoms with van der Waals surface area (Å²) in [5, 5.41) is 11.1. The van der Waals surface area contributed by atoms with Crippen LogP contribution in [0.1, 0.15) is 92.3 Å². The summed E-state index contributed by atoms with van der Waals surface area (Å²) in [6.07, 6.45) is 13.9. The summed E-state index contributed by atoms with van der Waals surface area (Å²) in [7, 11) is 0. The van der Waals surface area contributed by atoms with Crippen molar-refractivity contribution in [3.8, 4) is 0 Å². The molecule has 1 aromatic carbocycles. The summed E-state index contributed by atoms with van der Waals surface area (Å²) in [5.41, 5.74) is 2.98. The molecule has 3 rings (SSSR count). The molecule has 0 radical (unpaired) electrons. The van der Waals surface area contributed by atoms with Crippen molar-refractivity contribution in [2.45, 2.75) is 90.4 Å². The fraction of sp³-hybridized carbons (Fsp3) is 0.652. The Morgan fingerprint density at radius 3 is 2.19 bits per heavy atom. The van der Waals surface area contributed by atoms with Crippen LogP contribution in [0.4, 0.5) is 0 Å². The molecule has 0 amide bonds. The van der Waals surface area contributed by atoms with Crippen molar-refractivity contribution in [3.05, 3.63) is 45.4 Å². The van der Waals surface area contributed by atoms with E-state index in [0.29, 0.717) is 0 Å². The highest BCUT2D eigenvalue weighted by atomic mass is 32.1. The molecule has 1 aliphatic rings. The first-order valence-corrected chi connectivity index (χ1v) is 11.5. The van der Waals surface area contributed by atoms with Gasteiger partial charge in [-0.15, -0.1) is 21.5 Å². The predicted molar refractivity (Wildman–Crippen MR) is 112 cm³/mol. The Morgan fingerprint density at radius 1 is 0.846 bits per heavy atom. The Balaban J connectivity index is 1.46. The molecule has 0 N–H and O–H groups in total. The SMILES string of the molecule is CCCCCc1nnc(CCc2ccc(C3CCC(CC)CC3)cc2)s1.